The van der Waals surface area contributed by atoms with E-state index in [2.05, 4.69) is 9.84 Å². The van der Waals surface area contributed by atoms with Crippen LogP contribution in [-0.4, -0.2) is 28.6 Å². The largest absolute Gasteiger partial charge is 0.468 e. The van der Waals surface area contributed by atoms with E-state index in [0.717, 1.165) is 0 Å². The highest BCUT2D eigenvalue weighted by Gasteiger charge is 2.27. The maximum absolute atomic E-state index is 11.8. The molecule has 0 aliphatic carbocycles. The Hall–Kier alpha value is -1.65. The summed E-state index contributed by atoms with van der Waals surface area (Å²) in [6, 6.07) is 0. The highest BCUT2D eigenvalue weighted by atomic mass is 16.5. The highest BCUT2D eigenvalue weighted by molar-refractivity contribution is 6.08. The molecular weight excluding hydrogens is 196 g/mol. The van der Waals surface area contributed by atoms with Gasteiger partial charge in [-0.3, -0.25) is 14.3 Å². The summed E-state index contributed by atoms with van der Waals surface area (Å²) in [4.78, 5) is 23.1. The number of ether oxygens (including phenoxy) is 1. The molecule has 0 aromatic carbocycles. The maximum atomic E-state index is 11.8. The van der Waals surface area contributed by atoms with E-state index < -0.39 is 11.9 Å². The summed E-state index contributed by atoms with van der Waals surface area (Å²) in [6.07, 6.45) is 3.47. The van der Waals surface area contributed by atoms with Gasteiger partial charge in [0.1, 0.15) is 5.92 Å². The highest BCUT2D eigenvalue weighted by Crippen LogP contribution is 2.13. The molecular formula is C10H14N2O3. The molecule has 5 heteroatoms. The first kappa shape index (κ1) is 11.4. The molecule has 1 aromatic heterocycles. The molecule has 0 aliphatic heterocycles. The van der Waals surface area contributed by atoms with Crippen molar-refractivity contribution in [2.75, 3.05) is 7.11 Å². The summed E-state index contributed by atoms with van der Waals surface area (Å²) in [5, 5.41) is 3.88. The molecule has 1 atom stereocenters. The van der Waals surface area contributed by atoms with E-state index in [1.165, 1.54) is 18.0 Å². The molecule has 1 heterocycles. The van der Waals surface area contributed by atoms with Crippen molar-refractivity contribution in [3.63, 3.8) is 0 Å². The fourth-order valence-corrected chi connectivity index (χ4v) is 1.35. The van der Waals surface area contributed by atoms with Crippen molar-refractivity contribution in [2.45, 2.75) is 13.3 Å². The SMILES string of the molecule is CCC(C(=O)OC)C(=O)c1cnn(C)c1. The zero-order valence-electron chi connectivity index (χ0n) is 9.06. The number of aryl methyl sites for hydroxylation is 1. The van der Waals surface area contributed by atoms with E-state index in [-0.39, 0.29) is 5.78 Å². The molecule has 0 saturated carbocycles. The number of nitrogens with zero attached hydrogens (tertiary/aromatic N) is 2. The second-order valence-corrected chi connectivity index (χ2v) is 3.25. The first-order valence-corrected chi connectivity index (χ1v) is 4.70. The van der Waals surface area contributed by atoms with E-state index in [0.29, 0.717) is 12.0 Å². The number of Topliss-reactive ketones (excluding diaryl/α,β-unsaturated/α-hetero) is 1. The first-order valence-electron chi connectivity index (χ1n) is 4.70. The quantitative estimate of drug-likeness (QED) is 0.419. The van der Waals surface area contributed by atoms with Crippen LogP contribution in [0.5, 0.6) is 0 Å². The van der Waals surface area contributed by atoms with Gasteiger partial charge in [-0.25, -0.2) is 0 Å². The molecule has 0 amide bonds. The molecule has 0 spiro atoms. The van der Waals surface area contributed by atoms with Crippen molar-refractivity contribution in [2.24, 2.45) is 13.0 Å². The van der Waals surface area contributed by atoms with E-state index in [1.54, 1.807) is 20.2 Å². The third-order valence-electron chi connectivity index (χ3n) is 2.20. The van der Waals surface area contributed by atoms with Gasteiger partial charge in [-0.1, -0.05) is 6.92 Å². The van der Waals surface area contributed by atoms with Crippen molar-refractivity contribution in [1.29, 1.82) is 0 Å². The molecule has 82 valence electrons. The summed E-state index contributed by atoms with van der Waals surface area (Å²) >= 11 is 0. The monoisotopic (exact) mass is 210 g/mol. The van der Waals surface area contributed by atoms with Gasteiger partial charge in [0.2, 0.25) is 0 Å². The molecule has 1 unspecified atom stereocenters. The van der Waals surface area contributed by atoms with Crippen molar-refractivity contribution in [3.05, 3.63) is 18.0 Å². The van der Waals surface area contributed by atoms with Crippen LogP contribution in [0.3, 0.4) is 0 Å². The molecule has 15 heavy (non-hydrogen) atoms. The number of hydrogen-bond acceptors (Lipinski definition) is 4. The predicted octanol–water partition coefficient (Wildman–Crippen LogP) is 0.802. The average Bonchev–Trinajstić information content (AvgIpc) is 2.65. The number of aromatic nitrogens is 2. The minimum Gasteiger partial charge on any atom is -0.468 e. The van der Waals surface area contributed by atoms with Gasteiger partial charge >= 0.3 is 5.97 Å². The smallest absolute Gasteiger partial charge is 0.316 e. The molecule has 0 fully saturated rings. The van der Waals surface area contributed by atoms with Crippen molar-refractivity contribution < 1.29 is 14.3 Å². The van der Waals surface area contributed by atoms with Crippen LogP contribution in [0.25, 0.3) is 0 Å². The Balaban J connectivity index is 2.87. The Bertz CT molecular complexity index is 370. The van der Waals surface area contributed by atoms with Gasteiger partial charge in [0.25, 0.3) is 0 Å². The molecule has 0 N–H and O–H groups in total. The van der Waals surface area contributed by atoms with Crippen molar-refractivity contribution >= 4 is 11.8 Å². The summed E-state index contributed by atoms with van der Waals surface area (Å²) in [5.41, 5.74) is 0.440. The summed E-state index contributed by atoms with van der Waals surface area (Å²) in [6.45, 7) is 1.77. The lowest BCUT2D eigenvalue weighted by Gasteiger charge is -2.09. The number of esters is 1. The Morgan fingerprint density at radius 1 is 1.60 bits per heavy atom. The second kappa shape index (κ2) is 4.72. The molecule has 1 rings (SSSR count). The van der Waals surface area contributed by atoms with Gasteiger partial charge in [-0.2, -0.15) is 5.10 Å². The Morgan fingerprint density at radius 2 is 2.27 bits per heavy atom. The van der Waals surface area contributed by atoms with Crippen molar-refractivity contribution in [1.82, 2.24) is 9.78 Å². The number of carbonyl (C=O) groups excluding carboxylic acids is 2. The third kappa shape index (κ3) is 2.43. The fraction of sp³-hybridized carbons (Fsp3) is 0.500. The van der Waals surface area contributed by atoms with Gasteiger partial charge in [0.05, 0.1) is 18.9 Å². The Morgan fingerprint density at radius 3 is 2.67 bits per heavy atom. The molecule has 0 radical (unpaired) electrons. The van der Waals surface area contributed by atoms with Crippen molar-refractivity contribution in [3.8, 4) is 0 Å². The third-order valence-corrected chi connectivity index (χ3v) is 2.20. The van der Waals surface area contributed by atoms with Crippen LogP contribution in [0.4, 0.5) is 0 Å². The van der Waals surface area contributed by atoms with E-state index in [4.69, 9.17) is 0 Å². The van der Waals surface area contributed by atoms with Gasteiger partial charge < -0.3 is 4.74 Å². The normalized spacial score (nSPS) is 12.2. The van der Waals surface area contributed by atoms with E-state index in [1.807, 2.05) is 0 Å². The topological polar surface area (TPSA) is 61.2 Å². The molecule has 0 bridgehead atoms. The van der Waals surface area contributed by atoms with Gasteiger partial charge in [-0.05, 0) is 6.42 Å². The zero-order chi connectivity index (χ0) is 11.4. The average molecular weight is 210 g/mol. The summed E-state index contributed by atoms with van der Waals surface area (Å²) in [7, 11) is 3.00. The van der Waals surface area contributed by atoms with Crippen LogP contribution in [0.2, 0.25) is 0 Å². The lowest BCUT2D eigenvalue weighted by molar-refractivity contribution is -0.143. The van der Waals surface area contributed by atoms with Crippen LogP contribution in [0.15, 0.2) is 12.4 Å². The van der Waals surface area contributed by atoms with Gasteiger partial charge in [-0.15, -0.1) is 0 Å². The first-order chi connectivity index (χ1) is 7.10. The number of rotatable bonds is 4. The van der Waals surface area contributed by atoms with Gasteiger partial charge in [0.15, 0.2) is 5.78 Å². The van der Waals surface area contributed by atoms with Gasteiger partial charge in [0, 0.05) is 13.2 Å². The number of hydrogen-bond donors (Lipinski definition) is 0. The lowest BCUT2D eigenvalue weighted by atomic mass is 9.97. The lowest BCUT2D eigenvalue weighted by Crippen LogP contribution is -2.24. The Kier molecular flexibility index (Phi) is 3.60. The van der Waals surface area contributed by atoms with Crippen LogP contribution < -0.4 is 0 Å². The standard InChI is InChI=1S/C10H14N2O3/c1-4-8(10(14)15-3)9(13)7-5-11-12(2)6-7/h5-6,8H,4H2,1-3H3. The predicted molar refractivity (Wildman–Crippen MR) is 53.3 cm³/mol. The minimum absolute atomic E-state index is 0.238. The molecule has 0 saturated heterocycles. The number of carbonyl (C=O) groups is 2. The van der Waals surface area contributed by atoms with Crippen LogP contribution in [0, 0.1) is 5.92 Å². The fourth-order valence-electron chi connectivity index (χ4n) is 1.35. The minimum atomic E-state index is -0.723. The summed E-state index contributed by atoms with van der Waals surface area (Å²) < 4.78 is 6.09. The Labute approximate surface area is 88.0 Å². The zero-order valence-corrected chi connectivity index (χ0v) is 9.06. The summed E-state index contributed by atoms with van der Waals surface area (Å²) in [5.74, 6) is -1.46. The maximum Gasteiger partial charge on any atom is 0.316 e. The second-order valence-electron chi connectivity index (χ2n) is 3.25. The van der Waals surface area contributed by atoms with E-state index >= 15 is 0 Å². The molecule has 1 aromatic rings. The molecule has 5 nitrogen and oxygen atoms in total. The van der Waals surface area contributed by atoms with E-state index in [9.17, 15) is 9.59 Å². The van der Waals surface area contributed by atoms with Crippen LogP contribution >= 0.6 is 0 Å². The number of ketones is 1. The molecule has 0 aliphatic rings. The number of methoxy groups -OCH3 is 1. The van der Waals surface area contributed by atoms with Crippen LogP contribution in [0.1, 0.15) is 23.7 Å². The van der Waals surface area contributed by atoms with Crippen LogP contribution in [-0.2, 0) is 16.6 Å².